The maximum atomic E-state index is 14.4. The normalized spacial score (nSPS) is 21.9. The highest BCUT2D eigenvalue weighted by atomic mass is 35.5. The molecular weight excluding hydrogens is 670 g/mol. The molecule has 0 fully saturated rings. The van der Waals surface area contributed by atoms with Crippen LogP contribution in [0.4, 0.5) is 0 Å². The minimum atomic E-state index is -0.845. The zero-order valence-electron chi connectivity index (χ0n) is 29.0. The Kier molecular flexibility index (Phi) is 13.6. The predicted molar refractivity (Wildman–Crippen MR) is 201 cm³/mol. The third-order valence-electron chi connectivity index (χ3n) is 9.61. The standard InChI is InChI=1S/C38H50ClN7O3S/c1-24-27-13-9-14-29(39)35(27)50-34-18-6-3-11-25(34)22-43-31(17-10-20-41)36(47)45-32(16-7-8-19-40)38(49)46(2)33(37(48)44-24)21-26-23-42-30-15-5-4-12-28(26)30/h3,5-6,9,11,13-15,18,23-24,31-33,42-43H,4,7-8,10,12,16-17,19-22,40-41H2,1-2H3,(H,44,48)(H,45,47)/t24-,31-,32-,33-/m0/s1. The van der Waals surface area contributed by atoms with Crippen molar-refractivity contribution in [3.8, 4) is 0 Å². The molecule has 1 aromatic heterocycles. The third-order valence-corrected chi connectivity index (χ3v) is 11.3. The van der Waals surface area contributed by atoms with Crippen molar-refractivity contribution in [2.24, 2.45) is 11.5 Å². The van der Waals surface area contributed by atoms with Gasteiger partial charge in [0.15, 0.2) is 0 Å². The van der Waals surface area contributed by atoms with E-state index in [9.17, 15) is 14.4 Å². The summed E-state index contributed by atoms with van der Waals surface area (Å²) >= 11 is 8.38. The molecule has 3 amide bonds. The van der Waals surface area contributed by atoms with Gasteiger partial charge in [-0.1, -0.05) is 59.8 Å². The lowest BCUT2D eigenvalue weighted by Gasteiger charge is -2.33. The number of likely N-dealkylation sites (N-methyl/N-ethyl adjacent to an activating group) is 1. The van der Waals surface area contributed by atoms with Crippen molar-refractivity contribution in [2.45, 2.75) is 98.8 Å². The van der Waals surface area contributed by atoms with Crippen LogP contribution in [0.5, 0.6) is 0 Å². The van der Waals surface area contributed by atoms with Gasteiger partial charge in [-0.25, -0.2) is 0 Å². The molecule has 0 spiro atoms. The fraction of sp³-hybridized carbons (Fsp3) is 0.447. The SMILES string of the molecule is C[C@@H]1NC(=O)[C@H](Cc2c[nH]c3c2CCC=C3)N(C)C(=O)[C@H](CCCCN)NC(=O)[C@H](CCCN)NCc2ccccc2Sc2c(Cl)cccc21. The number of nitrogens with zero attached hydrogens (tertiary/aromatic N) is 1. The monoisotopic (exact) mass is 719 g/mol. The Morgan fingerprint density at radius 1 is 0.940 bits per heavy atom. The number of amides is 3. The molecule has 2 aliphatic rings. The van der Waals surface area contributed by atoms with Crippen LogP contribution in [0.3, 0.4) is 0 Å². The molecule has 1 aliphatic heterocycles. The van der Waals surface area contributed by atoms with Crippen LogP contribution in [-0.4, -0.2) is 65.9 Å². The van der Waals surface area contributed by atoms with Crippen LogP contribution in [0.25, 0.3) is 6.08 Å². The van der Waals surface area contributed by atoms with Gasteiger partial charge < -0.3 is 37.3 Å². The van der Waals surface area contributed by atoms with Gasteiger partial charge in [0.1, 0.15) is 12.1 Å². The molecule has 50 heavy (non-hydrogen) atoms. The lowest BCUT2D eigenvalue weighted by atomic mass is 9.95. The summed E-state index contributed by atoms with van der Waals surface area (Å²) in [7, 11) is 1.66. The summed E-state index contributed by atoms with van der Waals surface area (Å²) in [6, 6.07) is 11.0. The molecule has 5 rings (SSSR count). The van der Waals surface area contributed by atoms with Crippen molar-refractivity contribution in [3.05, 3.63) is 87.7 Å². The number of allylic oxidation sites excluding steroid dienone is 1. The molecule has 3 aromatic rings. The number of hydrogen-bond donors (Lipinski definition) is 6. The number of halogens is 1. The summed E-state index contributed by atoms with van der Waals surface area (Å²) in [6.45, 7) is 3.27. The fourth-order valence-corrected chi connectivity index (χ4v) is 8.17. The maximum absolute atomic E-state index is 14.4. The van der Waals surface area contributed by atoms with Crippen LogP contribution in [0.2, 0.25) is 5.02 Å². The first kappa shape index (κ1) is 37.6. The van der Waals surface area contributed by atoms with Gasteiger partial charge in [-0.15, -0.1) is 0 Å². The molecule has 8 N–H and O–H groups in total. The van der Waals surface area contributed by atoms with E-state index in [0.29, 0.717) is 63.2 Å². The summed E-state index contributed by atoms with van der Waals surface area (Å²) in [4.78, 5) is 49.5. The molecule has 0 bridgehead atoms. The van der Waals surface area contributed by atoms with Crippen molar-refractivity contribution in [1.82, 2.24) is 25.8 Å². The van der Waals surface area contributed by atoms with Crippen LogP contribution < -0.4 is 27.4 Å². The molecule has 0 unspecified atom stereocenters. The lowest BCUT2D eigenvalue weighted by molar-refractivity contribution is -0.142. The number of hydrogen-bond acceptors (Lipinski definition) is 7. The van der Waals surface area contributed by atoms with Crippen LogP contribution in [-0.2, 0) is 33.8 Å². The molecule has 12 heteroatoms. The van der Waals surface area contributed by atoms with Gasteiger partial charge in [0.05, 0.1) is 17.1 Å². The van der Waals surface area contributed by atoms with Gasteiger partial charge in [-0.3, -0.25) is 14.4 Å². The van der Waals surface area contributed by atoms with E-state index in [4.69, 9.17) is 23.1 Å². The average Bonchev–Trinajstić information content (AvgIpc) is 3.53. The van der Waals surface area contributed by atoms with Gasteiger partial charge in [0.2, 0.25) is 17.7 Å². The smallest absolute Gasteiger partial charge is 0.245 e. The highest BCUT2D eigenvalue weighted by Gasteiger charge is 2.35. The van der Waals surface area contributed by atoms with Gasteiger partial charge in [0, 0.05) is 41.7 Å². The number of fused-ring (bicyclic) bond motifs is 3. The molecule has 0 saturated heterocycles. The number of aromatic amines is 1. The number of rotatable bonds is 9. The largest absolute Gasteiger partial charge is 0.361 e. The van der Waals surface area contributed by atoms with Crippen molar-refractivity contribution in [3.63, 3.8) is 0 Å². The second-order valence-corrected chi connectivity index (χ2v) is 14.6. The Hall–Kier alpha value is -3.61. The maximum Gasteiger partial charge on any atom is 0.245 e. The Morgan fingerprint density at radius 2 is 1.72 bits per heavy atom. The van der Waals surface area contributed by atoms with Gasteiger partial charge in [0.25, 0.3) is 0 Å². The average molecular weight is 720 g/mol. The third kappa shape index (κ3) is 9.18. The summed E-state index contributed by atoms with van der Waals surface area (Å²) in [5.74, 6) is -0.884. The molecule has 0 radical (unpaired) electrons. The second kappa shape index (κ2) is 18.1. The highest BCUT2D eigenvalue weighted by Crippen LogP contribution is 2.40. The lowest BCUT2D eigenvalue weighted by Crippen LogP contribution is -2.57. The van der Waals surface area contributed by atoms with Crippen molar-refractivity contribution < 1.29 is 14.4 Å². The number of aromatic nitrogens is 1. The van der Waals surface area contributed by atoms with E-state index < -0.39 is 24.2 Å². The molecule has 10 nitrogen and oxygen atoms in total. The van der Waals surface area contributed by atoms with E-state index in [1.54, 1.807) is 7.05 Å². The van der Waals surface area contributed by atoms with Crippen molar-refractivity contribution in [2.75, 3.05) is 20.1 Å². The van der Waals surface area contributed by atoms with Gasteiger partial charge in [-0.05, 0) is 105 Å². The first-order valence-electron chi connectivity index (χ1n) is 17.6. The van der Waals surface area contributed by atoms with Crippen LogP contribution >= 0.6 is 23.4 Å². The number of nitrogens with one attached hydrogen (secondary N) is 4. The minimum Gasteiger partial charge on any atom is -0.361 e. The number of nitrogens with two attached hydrogens (primary N) is 2. The van der Waals surface area contributed by atoms with Crippen molar-refractivity contribution in [1.29, 1.82) is 0 Å². The predicted octanol–water partition coefficient (Wildman–Crippen LogP) is 4.85. The van der Waals surface area contributed by atoms with Crippen LogP contribution in [0, 0.1) is 0 Å². The van der Waals surface area contributed by atoms with Crippen LogP contribution in [0.1, 0.15) is 79.4 Å². The van der Waals surface area contributed by atoms with E-state index in [2.05, 4.69) is 33.1 Å². The molecule has 268 valence electrons. The van der Waals surface area contributed by atoms with Gasteiger partial charge >= 0.3 is 0 Å². The topological polar surface area (TPSA) is 158 Å². The van der Waals surface area contributed by atoms with E-state index in [0.717, 1.165) is 50.6 Å². The molecular formula is C38H50ClN7O3S. The highest BCUT2D eigenvalue weighted by molar-refractivity contribution is 7.99. The quantitative estimate of drug-likeness (QED) is 0.173. The van der Waals surface area contributed by atoms with Crippen molar-refractivity contribution >= 4 is 47.2 Å². The molecule has 2 aromatic carbocycles. The summed E-state index contributed by atoms with van der Waals surface area (Å²) in [5, 5.41) is 10.3. The molecule has 1 aliphatic carbocycles. The number of unbranched alkanes of at least 4 members (excludes halogenated alkanes) is 1. The summed E-state index contributed by atoms with van der Waals surface area (Å²) in [5.41, 5.74) is 16.7. The zero-order valence-corrected chi connectivity index (χ0v) is 30.5. The summed E-state index contributed by atoms with van der Waals surface area (Å²) in [6.07, 6.45) is 11.1. The number of benzene rings is 2. The number of carbonyl (C=O) groups excluding carboxylic acids is 3. The van der Waals surface area contributed by atoms with Gasteiger partial charge in [-0.2, -0.15) is 0 Å². The van der Waals surface area contributed by atoms with E-state index in [-0.39, 0.29) is 17.7 Å². The molecule has 2 heterocycles. The minimum absolute atomic E-state index is 0.276. The second-order valence-electron chi connectivity index (χ2n) is 13.1. The Morgan fingerprint density at radius 3 is 2.52 bits per heavy atom. The zero-order chi connectivity index (χ0) is 35.6. The fourth-order valence-electron chi connectivity index (χ4n) is 6.70. The Balaban J connectivity index is 1.57. The summed E-state index contributed by atoms with van der Waals surface area (Å²) < 4.78 is 0. The molecule has 4 atom stereocenters. The number of H-pyrrole nitrogens is 1. The Labute approximate surface area is 304 Å². The van der Waals surface area contributed by atoms with E-state index >= 15 is 0 Å². The first-order chi connectivity index (χ1) is 24.2. The van der Waals surface area contributed by atoms with E-state index in [1.165, 1.54) is 16.7 Å². The molecule has 0 saturated carbocycles. The van der Waals surface area contributed by atoms with E-state index in [1.807, 2.05) is 55.6 Å². The Bertz CT molecular complexity index is 1680. The van der Waals surface area contributed by atoms with Crippen LogP contribution in [0.15, 0.2) is 64.5 Å². The first-order valence-corrected chi connectivity index (χ1v) is 18.8. The number of carbonyl (C=O) groups is 3.